The maximum Gasteiger partial charge on any atom is 0.325 e. The molecule has 0 atom stereocenters. The van der Waals surface area contributed by atoms with Crippen LogP contribution in [-0.4, -0.2) is 36.0 Å². The summed E-state index contributed by atoms with van der Waals surface area (Å²) in [6.07, 6.45) is 2.36. The lowest BCUT2D eigenvalue weighted by molar-refractivity contribution is -0.149. The molecule has 98 valence electrons. The van der Waals surface area contributed by atoms with Crippen molar-refractivity contribution in [2.24, 2.45) is 0 Å². The average Bonchev–Trinajstić information content (AvgIpc) is 3.05. The lowest BCUT2D eigenvalue weighted by atomic mass is 10.2. The van der Waals surface area contributed by atoms with E-state index >= 15 is 0 Å². The molecule has 0 N–H and O–H groups in total. The third kappa shape index (κ3) is 3.57. The van der Waals surface area contributed by atoms with Gasteiger partial charge in [-0.2, -0.15) is 11.3 Å². The predicted octanol–water partition coefficient (Wildman–Crippen LogP) is 1.84. The number of carbonyl (C=O) groups excluding carboxylic acids is 2. The van der Waals surface area contributed by atoms with E-state index in [1.807, 2.05) is 16.8 Å². The van der Waals surface area contributed by atoms with Gasteiger partial charge < -0.3 is 9.64 Å². The molecule has 0 saturated heterocycles. The van der Waals surface area contributed by atoms with Gasteiger partial charge in [-0.1, -0.05) is 0 Å². The van der Waals surface area contributed by atoms with E-state index in [-0.39, 0.29) is 24.5 Å². The van der Waals surface area contributed by atoms with E-state index in [1.54, 1.807) is 23.2 Å². The Bertz CT molecular complexity index is 412. The summed E-state index contributed by atoms with van der Waals surface area (Å²) < 4.78 is 4.90. The molecule has 5 heteroatoms. The van der Waals surface area contributed by atoms with Crippen LogP contribution >= 0.6 is 11.3 Å². The van der Waals surface area contributed by atoms with Crippen LogP contribution in [-0.2, 0) is 20.7 Å². The van der Waals surface area contributed by atoms with E-state index in [0.717, 1.165) is 18.4 Å². The number of amides is 1. The zero-order chi connectivity index (χ0) is 13.0. The van der Waals surface area contributed by atoms with Crippen LogP contribution in [0, 0.1) is 0 Å². The van der Waals surface area contributed by atoms with Crippen molar-refractivity contribution >= 4 is 23.2 Å². The molecule has 1 saturated carbocycles. The monoisotopic (exact) mass is 267 g/mol. The van der Waals surface area contributed by atoms with Gasteiger partial charge >= 0.3 is 5.97 Å². The molecule has 0 radical (unpaired) electrons. The fourth-order valence-corrected chi connectivity index (χ4v) is 2.49. The predicted molar refractivity (Wildman–Crippen MR) is 69.4 cm³/mol. The second-order valence-corrected chi connectivity index (χ2v) is 5.15. The van der Waals surface area contributed by atoms with Gasteiger partial charge in [0.05, 0.1) is 13.0 Å². The molecule has 2 rings (SSSR count). The Balaban J connectivity index is 1.92. The molecular formula is C13H17NO3S. The molecule has 0 unspecified atom stereocenters. The van der Waals surface area contributed by atoms with Crippen LogP contribution in [0.15, 0.2) is 16.8 Å². The molecule has 1 aliphatic carbocycles. The number of hydrogen-bond donors (Lipinski definition) is 0. The molecule has 1 heterocycles. The molecule has 0 aromatic carbocycles. The Kier molecular flexibility index (Phi) is 4.36. The number of carbonyl (C=O) groups is 2. The highest BCUT2D eigenvalue weighted by atomic mass is 32.1. The summed E-state index contributed by atoms with van der Waals surface area (Å²) in [5.74, 6) is -0.299. The van der Waals surface area contributed by atoms with Crippen molar-refractivity contribution in [3.63, 3.8) is 0 Å². The highest BCUT2D eigenvalue weighted by molar-refractivity contribution is 7.07. The number of esters is 1. The minimum atomic E-state index is -0.317. The van der Waals surface area contributed by atoms with E-state index in [2.05, 4.69) is 0 Å². The van der Waals surface area contributed by atoms with Gasteiger partial charge in [0.15, 0.2) is 0 Å². The zero-order valence-electron chi connectivity index (χ0n) is 10.4. The molecule has 1 aromatic heterocycles. The third-order valence-electron chi connectivity index (χ3n) is 2.85. The van der Waals surface area contributed by atoms with Crippen molar-refractivity contribution in [1.29, 1.82) is 0 Å². The molecule has 0 aliphatic heterocycles. The minimum absolute atomic E-state index is 0.0175. The highest BCUT2D eigenvalue weighted by Crippen LogP contribution is 2.27. The van der Waals surface area contributed by atoms with Gasteiger partial charge in [0.2, 0.25) is 5.91 Å². The van der Waals surface area contributed by atoms with Crippen LogP contribution < -0.4 is 0 Å². The summed E-state index contributed by atoms with van der Waals surface area (Å²) in [7, 11) is 0. The SMILES string of the molecule is CCOC(=O)CN(C(=O)Cc1ccsc1)C1CC1. The van der Waals surface area contributed by atoms with Gasteiger partial charge in [0, 0.05) is 6.04 Å². The Morgan fingerprint density at radius 2 is 2.28 bits per heavy atom. The summed E-state index contributed by atoms with van der Waals surface area (Å²) in [5, 5.41) is 3.92. The first kappa shape index (κ1) is 13.1. The summed E-state index contributed by atoms with van der Waals surface area (Å²) >= 11 is 1.58. The van der Waals surface area contributed by atoms with E-state index in [9.17, 15) is 9.59 Å². The highest BCUT2D eigenvalue weighted by Gasteiger charge is 2.33. The first-order valence-electron chi connectivity index (χ1n) is 6.17. The Hall–Kier alpha value is -1.36. The largest absolute Gasteiger partial charge is 0.465 e. The minimum Gasteiger partial charge on any atom is -0.465 e. The molecule has 0 spiro atoms. The zero-order valence-corrected chi connectivity index (χ0v) is 11.2. The smallest absolute Gasteiger partial charge is 0.325 e. The van der Waals surface area contributed by atoms with Crippen LogP contribution in [0.5, 0.6) is 0 Å². The number of thiophene rings is 1. The summed E-state index contributed by atoms with van der Waals surface area (Å²) in [5.41, 5.74) is 1.01. The maximum atomic E-state index is 12.2. The van der Waals surface area contributed by atoms with Crippen molar-refractivity contribution in [2.75, 3.05) is 13.2 Å². The van der Waals surface area contributed by atoms with Gasteiger partial charge in [-0.05, 0) is 42.2 Å². The third-order valence-corrected chi connectivity index (χ3v) is 3.58. The van der Waals surface area contributed by atoms with Crippen molar-refractivity contribution in [2.45, 2.75) is 32.2 Å². The lowest BCUT2D eigenvalue weighted by Crippen LogP contribution is -2.39. The van der Waals surface area contributed by atoms with Crippen molar-refractivity contribution in [3.05, 3.63) is 22.4 Å². The van der Waals surface area contributed by atoms with Crippen molar-refractivity contribution in [3.8, 4) is 0 Å². The topological polar surface area (TPSA) is 46.6 Å². The molecule has 0 bridgehead atoms. The maximum absolute atomic E-state index is 12.2. The Labute approximate surface area is 111 Å². The van der Waals surface area contributed by atoms with Crippen LogP contribution in [0.1, 0.15) is 25.3 Å². The number of nitrogens with zero attached hydrogens (tertiary/aromatic N) is 1. The molecular weight excluding hydrogens is 250 g/mol. The lowest BCUT2D eigenvalue weighted by Gasteiger charge is -2.21. The van der Waals surface area contributed by atoms with E-state index < -0.39 is 0 Å². The van der Waals surface area contributed by atoms with Crippen LogP contribution in [0.3, 0.4) is 0 Å². The molecule has 18 heavy (non-hydrogen) atoms. The second-order valence-electron chi connectivity index (χ2n) is 4.37. The molecule has 4 nitrogen and oxygen atoms in total. The normalized spacial score (nSPS) is 14.3. The summed E-state index contributed by atoms with van der Waals surface area (Å²) in [4.78, 5) is 25.3. The van der Waals surface area contributed by atoms with Crippen molar-refractivity contribution in [1.82, 2.24) is 4.90 Å². The first-order valence-corrected chi connectivity index (χ1v) is 7.11. The Morgan fingerprint density at radius 1 is 1.50 bits per heavy atom. The van der Waals surface area contributed by atoms with E-state index in [0.29, 0.717) is 13.0 Å². The second kappa shape index (κ2) is 6.00. The number of ether oxygens (including phenoxy) is 1. The fourth-order valence-electron chi connectivity index (χ4n) is 1.82. The van der Waals surface area contributed by atoms with E-state index in [4.69, 9.17) is 4.74 Å². The van der Waals surface area contributed by atoms with Gasteiger partial charge in [0.25, 0.3) is 0 Å². The fraction of sp³-hybridized carbons (Fsp3) is 0.538. The van der Waals surface area contributed by atoms with Crippen LogP contribution in [0.4, 0.5) is 0 Å². The molecule has 1 amide bonds. The van der Waals surface area contributed by atoms with Gasteiger partial charge in [-0.15, -0.1) is 0 Å². The first-order chi connectivity index (χ1) is 8.70. The van der Waals surface area contributed by atoms with E-state index in [1.165, 1.54) is 0 Å². The van der Waals surface area contributed by atoms with Gasteiger partial charge in [-0.25, -0.2) is 0 Å². The molecule has 1 aliphatic rings. The molecule has 1 aromatic rings. The van der Waals surface area contributed by atoms with Crippen LogP contribution in [0.2, 0.25) is 0 Å². The number of rotatable bonds is 6. The average molecular weight is 267 g/mol. The van der Waals surface area contributed by atoms with Crippen molar-refractivity contribution < 1.29 is 14.3 Å². The van der Waals surface area contributed by atoms with Crippen LogP contribution in [0.25, 0.3) is 0 Å². The Morgan fingerprint density at radius 3 is 2.83 bits per heavy atom. The van der Waals surface area contributed by atoms with Gasteiger partial charge in [-0.3, -0.25) is 9.59 Å². The molecule has 1 fully saturated rings. The summed E-state index contributed by atoms with van der Waals surface area (Å²) in [6.45, 7) is 2.21. The number of hydrogen-bond acceptors (Lipinski definition) is 4. The summed E-state index contributed by atoms with van der Waals surface area (Å²) in [6, 6.07) is 2.18. The quantitative estimate of drug-likeness (QED) is 0.739. The standard InChI is InChI=1S/C13H17NO3S/c1-2-17-13(16)8-14(11-3-4-11)12(15)7-10-5-6-18-9-10/h5-6,9,11H,2-4,7-8H2,1H3. The van der Waals surface area contributed by atoms with Gasteiger partial charge in [0.1, 0.15) is 6.54 Å².